The first-order valence-corrected chi connectivity index (χ1v) is 9.29. The number of Topliss-reactive ketones (excluding diaryl/α,β-unsaturated/α-hetero) is 2. The minimum absolute atomic E-state index is 0.00715. The Hall–Kier alpha value is -2.27. The Bertz CT molecular complexity index is 764. The van der Waals surface area contributed by atoms with Gasteiger partial charge in [0.1, 0.15) is 5.78 Å². The van der Waals surface area contributed by atoms with Crippen LogP contribution in [0.4, 0.5) is 5.69 Å². The number of nitrogens with one attached hydrogen (secondary N) is 1. The van der Waals surface area contributed by atoms with Gasteiger partial charge in [-0.1, -0.05) is 19.1 Å². The molecule has 0 bridgehead atoms. The van der Waals surface area contributed by atoms with Crippen LogP contribution in [0.15, 0.2) is 36.4 Å². The predicted molar refractivity (Wildman–Crippen MR) is 101 cm³/mol. The van der Waals surface area contributed by atoms with Gasteiger partial charge in [-0.3, -0.25) is 14.4 Å². The highest BCUT2D eigenvalue weighted by Crippen LogP contribution is 2.18. The van der Waals surface area contributed by atoms with Crippen molar-refractivity contribution in [1.82, 2.24) is 0 Å². The highest BCUT2D eigenvalue weighted by Gasteiger charge is 2.12. The number of carbonyl (C=O) groups excluding carboxylic acids is 3. The average molecular weight is 357 g/mol. The van der Waals surface area contributed by atoms with Crippen molar-refractivity contribution in [3.63, 3.8) is 0 Å². The Morgan fingerprint density at radius 1 is 1.00 bits per heavy atom. The number of hydrogen-bond acceptors (Lipinski definition) is 4. The van der Waals surface area contributed by atoms with E-state index in [1.807, 2.05) is 37.3 Å². The third-order valence-corrected chi connectivity index (χ3v) is 4.94. The first-order chi connectivity index (χ1) is 12.0. The lowest BCUT2D eigenvalue weighted by molar-refractivity contribution is -0.122. The molecule has 0 saturated heterocycles. The molecule has 132 valence electrons. The number of hydrogen-bond donors (Lipinski definition) is 1. The summed E-state index contributed by atoms with van der Waals surface area (Å²) >= 11 is 1.44. The quantitative estimate of drug-likeness (QED) is 0.669. The molecule has 0 atom stereocenters. The molecule has 0 spiro atoms. The summed E-state index contributed by atoms with van der Waals surface area (Å²) in [6, 6.07) is 11.4. The van der Waals surface area contributed by atoms with Gasteiger partial charge in [0, 0.05) is 36.2 Å². The molecule has 1 aromatic heterocycles. The molecule has 0 aliphatic rings. The van der Waals surface area contributed by atoms with Crippen molar-refractivity contribution in [3.8, 4) is 0 Å². The normalized spacial score (nSPS) is 10.5. The van der Waals surface area contributed by atoms with Crippen molar-refractivity contribution >= 4 is 34.5 Å². The van der Waals surface area contributed by atoms with Crippen LogP contribution in [0.5, 0.6) is 0 Å². The first kappa shape index (κ1) is 19.1. The van der Waals surface area contributed by atoms with Gasteiger partial charge in [0.25, 0.3) is 0 Å². The van der Waals surface area contributed by atoms with Crippen molar-refractivity contribution < 1.29 is 14.4 Å². The molecule has 1 heterocycles. The lowest BCUT2D eigenvalue weighted by Gasteiger charge is -2.06. The second-order valence-corrected chi connectivity index (χ2v) is 7.26. The van der Waals surface area contributed by atoms with E-state index in [0.29, 0.717) is 4.88 Å². The van der Waals surface area contributed by atoms with E-state index in [9.17, 15) is 14.4 Å². The number of benzene rings is 1. The van der Waals surface area contributed by atoms with Crippen LogP contribution in [-0.2, 0) is 16.0 Å². The molecule has 2 aromatic rings. The van der Waals surface area contributed by atoms with Crippen LogP contribution in [0.1, 0.15) is 52.7 Å². The maximum Gasteiger partial charge on any atom is 0.224 e. The Kier molecular flexibility index (Phi) is 7.07. The second-order valence-electron chi connectivity index (χ2n) is 5.97. The SMILES string of the molecule is CCc1cccc(NC(=O)CCC(=O)CCC(=O)c2ccc(C)s2)c1. The molecule has 0 aliphatic carbocycles. The molecule has 0 unspecified atom stereocenters. The van der Waals surface area contributed by atoms with Crippen molar-refractivity contribution in [2.75, 3.05) is 5.32 Å². The van der Waals surface area contributed by atoms with Gasteiger partial charge >= 0.3 is 0 Å². The monoisotopic (exact) mass is 357 g/mol. The summed E-state index contributed by atoms with van der Waals surface area (Å²) in [6.07, 6.45) is 1.60. The smallest absolute Gasteiger partial charge is 0.224 e. The lowest BCUT2D eigenvalue weighted by Crippen LogP contribution is -2.14. The molecule has 5 heteroatoms. The van der Waals surface area contributed by atoms with E-state index in [0.717, 1.165) is 22.5 Å². The fraction of sp³-hybridized carbons (Fsp3) is 0.350. The topological polar surface area (TPSA) is 63.2 Å². The summed E-state index contributed by atoms with van der Waals surface area (Å²) in [5.41, 5.74) is 1.90. The van der Waals surface area contributed by atoms with Crippen LogP contribution in [0, 0.1) is 6.92 Å². The molecule has 2 rings (SSSR count). The van der Waals surface area contributed by atoms with Gasteiger partial charge in [0.2, 0.25) is 5.91 Å². The molecule has 0 fully saturated rings. The lowest BCUT2D eigenvalue weighted by atomic mass is 10.1. The number of anilines is 1. The summed E-state index contributed by atoms with van der Waals surface area (Å²) in [6.45, 7) is 4.00. The molecular weight excluding hydrogens is 334 g/mol. The van der Waals surface area contributed by atoms with E-state index in [1.54, 1.807) is 6.07 Å². The Labute approximate surface area is 152 Å². The van der Waals surface area contributed by atoms with Crippen molar-refractivity contribution in [3.05, 3.63) is 51.7 Å². The van der Waals surface area contributed by atoms with Crippen LogP contribution < -0.4 is 5.32 Å². The minimum Gasteiger partial charge on any atom is -0.326 e. The molecule has 4 nitrogen and oxygen atoms in total. The molecule has 0 saturated carbocycles. The van der Waals surface area contributed by atoms with Gasteiger partial charge in [-0.25, -0.2) is 0 Å². The van der Waals surface area contributed by atoms with Crippen molar-refractivity contribution in [2.45, 2.75) is 46.0 Å². The minimum atomic E-state index is -0.179. The number of amides is 1. The summed E-state index contributed by atoms with van der Waals surface area (Å²) in [7, 11) is 0. The highest BCUT2D eigenvalue weighted by atomic mass is 32.1. The fourth-order valence-corrected chi connectivity index (χ4v) is 3.27. The fourth-order valence-electron chi connectivity index (χ4n) is 2.43. The summed E-state index contributed by atoms with van der Waals surface area (Å²) in [5.74, 6) is -0.242. The average Bonchev–Trinajstić information content (AvgIpc) is 3.04. The zero-order chi connectivity index (χ0) is 18.2. The van der Waals surface area contributed by atoms with Crippen LogP contribution in [0.25, 0.3) is 0 Å². The first-order valence-electron chi connectivity index (χ1n) is 8.48. The van der Waals surface area contributed by atoms with Gasteiger partial charge < -0.3 is 5.32 Å². The summed E-state index contributed by atoms with van der Waals surface area (Å²) in [5, 5.41) is 2.81. The Morgan fingerprint density at radius 2 is 1.76 bits per heavy atom. The van der Waals surface area contributed by atoms with E-state index in [1.165, 1.54) is 11.3 Å². The van der Waals surface area contributed by atoms with Crippen LogP contribution in [0.2, 0.25) is 0 Å². The summed E-state index contributed by atoms with van der Waals surface area (Å²) in [4.78, 5) is 37.6. The zero-order valence-corrected chi connectivity index (χ0v) is 15.4. The number of ketones is 2. The standard InChI is InChI=1S/C20H23NO3S/c1-3-15-5-4-6-16(13-15)21-20(24)12-9-17(22)8-10-18(23)19-11-7-14(2)25-19/h4-7,11,13H,3,8-10,12H2,1-2H3,(H,21,24). The summed E-state index contributed by atoms with van der Waals surface area (Å²) < 4.78 is 0. The van der Waals surface area contributed by atoms with Gasteiger partial charge in [0.05, 0.1) is 4.88 Å². The van der Waals surface area contributed by atoms with E-state index < -0.39 is 0 Å². The molecule has 0 radical (unpaired) electrons. The molecule has 25 heavy (non-hydrogen) atoms. The zero-order valence-electron chi connectivity index (χ0n) is 14.6. The predicted octanol–water partition coefficient (Wildman–Crippen LogP) is 4.57. The van der Waals surface area contributed by atoms with Crippen molar-refractivity contribution in [1.29, 1.82) is 0 Å². The van der Waals surface area contributed by atoms with Gasteiger partial charge in [-0.05, 0) is 43.2 Å². The van der Waals surface area contributed by atoms with Gasteiger partial charge in [-0.15, -0.1) is 11.3 Å². The Morgan fingerprint density at radius 3 is 2.44 bits per heavy atom. The van der Waals surface area contributed by atoms with Crippen molar-refractivity contribution in [2.24, 2.45) is 0 Å². The number of thiophene rings is 1. The molecule has 1 aromatic carbocycles. The number of carbonyl (C=O) groups is 3. The Balaban J connectivity index is 1.72. The second kappa shape index (κ2) is 9.28. The van der Waals surface area contributed by atoms with Crippen LogP contribution >= 0.6 is 11.3 Å². The number of aryl methyl sites for hydroxylation is 2. The molecular formula is C20H23NO3S. The van der Waals surface area contributed by atoms with E-state index in [-0.39, 0.29) is 43.2 Å². The maximum atomic E-state index is 12.0. The largest absolute Gasteiger partial charge is 0.326 e. The van der Waals surface area contributed by atoms with E-state index in [4.69, 9.17) is 0 Å². The third-order valence-electron chi connectivity index (χ3n) is 3.90. The molecule has 1 amide bonds. The highest BCUT2D eigenvalue weighted by molar-refractivity contribution is 7.14. The molecule has 0 aliphatic heterocycles. The van der Waals surface area contributed by atoms with E-state index in [2.05, 4.69) is 12.2 Å². The van der Waals surface area contributed by atoms with Gasteiger partial charge in [0.15, 0.2) is 5.78 Å². The van der Waals surface area contributed by atoms with Gasteiger partial charge in [-0.2, -0.15) is 0 Å². The maximum absolute atomic E-state index is 12.0. The van der Waals surface area contributed by atoms with E-state index >= 15 is 0 Å². The van der Waals surface area contributed by atoms with Crippen LogP contribution in [-0.4, -0.2) is 17.5 Å². The third kappa shape index (κ3) is 6.27. The molecule has 1 N–H and O–H groups in total. The van der Waals surface area contributed by atoms with Crippen LogP contribution in [0.3, 0.4) is 0 Å². The number of rotatable bonds is 9.